The first-order chi connectivity index (χ1) is 12.1. The van der Waals surface area contributed by atoms with Gasteiger partial charge in [0.25, 0.3) is 0 Å². The molecule has 1 aliphatic rings. The van der Waals surface area contributed by atoms with Gasteiger partial charge >= 0.3 is 5.97 Å². The number of hydrogen-bond acceptors (Lipinski definition) is 4. The molecule has 0 saturated heterocycles. The summed E-state index contributed by atoms with van der Waals surface area (Å²) in [5, 5.41) is 13.5. The standard InChI is InChI=1S/C20H23NO2S2.ClH/c1-14-7-11-24-18(14)17(19-15(2)8-12-25-19)6-4-10-21-9-3-5-16(13-21)20(22)23;/h5-8,11-12H,3-4,9-10,13H2,1-2H3,(H,22,23);1H. The third-order valence-electron chi connectivity index (χ3n) is 4.51. The van der Waals surface area contributed by atoms with E-state index in [1.54, 1.807) is 22.7 Å². The predicted octanol–water partition coefficient (Wildman–Crippen LogP) is 5.39. The molecule has 3 heterocycles. The number of hydrogen-bond donors (Lipinski definition) is 1. The Balaban J connectivity index is 0.00000243. The van der Waals surface area contributed by atoms with Crippen LogP contribution in [0.5, 0.6) is 0 Å². The second-order valence-corrected chi connectivity index (χ2v) is 8.20. The highest BCUT2D eigenvalue weighted by Gasteiger charge is 2.17. The minimum absolute atomic E-state index is 0. The first-order valence-corrected chi connectivity index (χ1v) is 10.3. The molecule has 140 valence electrons. The number of halogens is 1. The van der Waals surface area contributed by atoms with Crippen LogP contribution in [0.1, 0.15) is 33.7 Å². The number of nitrogens with zero attached hydrogens (tertiary/aromatic N) is 1. The molecule has 0 fully saturated rings. The van der Waals surface area contributed by atoms with Gasteiger partial charge in [-0.3, -0.25) is 4.90 Å². The molecule has 0 unspecified atom stereocenters. The van der Waals surface area contributed by atoms with Crippen molar-refractivity contribution in [2.24, 2.45) is 0 Å². The minimum atomic E-state index is -0.788. The average molecular weight is 410 g/mol. The fourth-order valence-electron chi connectivity index (χ4n) is 3.13. The summed E-state index contributed by atoms with van der Waals surface area (Å²) in [4.78, 5) is 16.1. The zero-order valence-corrected chi connectivity index (χ0v) is 17.5. The molecular weight excluding hydrogens is 386 g/mol. The summed E-state index contributed by atoms with van der Waals surface area (Å²) in [6.45, 7) is 6.71. The molecule has 2 aromatic rings. The average Bonchev–Trinajstić information content (AvgIpc) is 3.21. The van der Waals surface area contributed by atoms with E-state index in [2.05, 4.69) is 47.7 Å². The molecule has 0 saturated carbocycles. The monoisotopic (exact) mass is 409 g/mol. The van der Waals surface area contributed by atoms with Crippen LogP contribution in [-0.4, -0.2) is 35.6 Å². The molecule has 0 aliphatic carbocycles. The van der Waals surface area contributed by atoms with Gasteiger partial charge in [0.1, 0.15) is 0 Å². The van der Waals surface area contributed by atoms with Gasteiger partial charge in [-0.1, -0.05) is 12.2 Å². The quantitative estimate of drug-likeness (QED) is 0.695. The lowest BCUT2D eigenvalue weighted by molar-refractivity contribution is -0.133. The van der Waals surface area contributed by atoms with Crippen molar-refractivity contribution in [2.75, 3.05) is 19.6 Å². The summed E-state index contributed by atoms with van der Waals surface area (Å²) in [6, 6.07) is 4.34. The van der Waals surface area contributed by atoms with E-state index in [0.29, 0.717) is 12.1 Å². The van der Waals surface area contributed by atoms with Crippen LogP contribution >= 0.6 is 35.1 Å². The third kappa shape index (κ3) is 4.86. The molecule has 0 atom stereocenters. The second kappa shape index (κ2) is 9.51. The Hall–Kier alpha value is -1.40. The molecule has 3 nitrogen and oxygen atoms in total. The van der Waals surface area contributed by atoms with Crippen LogP contribution in [0.2, 0.25) is 0 Å². The van der Waals surface area contributed by atoms with Crippen LogP contribution < -0.4 is 0 Å². The first kappa shape index (κ1) is 20.9. The number of carbonyl (C=O) groups is 1. The number of carboxylic acids is 1. The van der Waals surface area contributed by atoms with Gasteiger partial charge < -0.3 is 5.11 Å². The molecule has 0 bridgehead atoms. The van der Waals surface area contributed by atoms with Gasteiger partial charge in [-0.15, -0.1) is 35.1 Å². The maximum Gasteiger partial charge on any atom is 0.332 e. The number of carboxylic acid groups (broad SMARTS) is 1. The van der Waals surface area contributed by atoms with Crippen molar-refractivity contribution in [1.82, 2.24) is 4.90 Å². The normalized spacial score (nSPS) is 14.5. The van der Waals surface area contributed by atoms with Gasteiger partial charge in [0, 0.05) is 40.5 Å². The van der Waals surface area contributed by atoms with Crippen LogP contribution in [0, 0.1) is 13.8 Å². The van der Waals surface area contributed by atoms with Crippen LogP contribution in [-0.2, 0) is 4.79 Å². The lowest BCUT2D eigenvalue weighted by Crippen LogP contribution is -2.32. The summed E-state index contributed by atoms with van der Waals surface area (Å²) in [5.41, 5.74) is 4.49. The molecule has 2 aromatic heterocycles. The Morgan fingerprint density at radius 2 is 1.81 bits per heavy atom. The van der Waals surface area contributed by atoms with Crippen LogP contribution in [0.4, 0.5) is 0 Å². The smallest absolute Gasteiger partial charge is 0.332 e. The van der Waals surface area contributed by atoms with E-state index in [1.807, 2.05) is 6.08 Å². The Labute approximate surface area is 169 Å². The number of thiophene rings is 2. The highest BCUT2D eigenvalue weighted by atomic mass is 35.5. The Morgan fingerprint density at radius 1 is 1.19 bits per heavy atom. The molecule has 1 aliphatic heterocycles. The van der Waals surface area contributed by atoms with Crippen molar-refractivity contribution in [2.45, 2.75) is 26.7 Å². The summed E-state index contributed by atoms with van der Waals surface area (Å²) in [6.07, 6.45) is 5.93. The maximum atomic E-state index is 11.2. The van der Waals surface area contributed by atoms with Gasteiger partial charge in [-0.25, -0.2) is 4.79 Å². The van der Waals surface area contributed by atoms with Crippen molar-refractivity contribution in [3.8, 4) is 0 Å². The lowest BCUT2D eigenvalue weighted by atomic mass is 10.0. The SMILES string of the molecule is Cc1ccsc1C(=CCCN1CCC=C(C(=O)O)C1)c1sccc1C.Cl. The number of aryl methyl sites for hydroxylation is 2. The van der Waals surface area contributed by atoms with Gasteiger partial charge in [0.15, 0.2) is 0 Å². The van der Waals surface area contributed by atoms with E-state index in [1.165, 1.54) is 26.5 Å². The molecule has 0 radical (unpaired) electrons. The molecule has 6 heteroatoms. The van der Waals surface area contributed by atoms with Crippen LogP contribution in [0.25, 0.3) is 5.57 Å². The predicted molar refractivity (Wildman–Crippen MR) is 114 cm³/mol. The summed E-state index contributed by atoms with van der Waals surface area (Å²) < 4.78 is 0. The summed E-state index contributed by atoms with van der Waals surface area (Å²) in [7, 11) is 0. The van der Waals surface area contributed by atoms with Crippen molar-refractivity contribution >= 4 is 46.6 Å². The van der Waals surface area contributed by atoms with Crippen LogP contribution in [0.15, 0.2) is 40.6 Å². The zero-order valence-electron chi connectivity index (χ0n) is 15.0. The fourth-order valence-corrected chi connectivity index (χ4v) is 5.14. The Bertz CT molecular complexity index is 777. The molecule has 0 amide bonds. The van der Waals surface area contributed by atoms with E-state index >= 15 is 0 Å². The van der Waals surface area contributed by atoms with E-state index in [4.69, 9.17) is 0 Å². The van der Waals surface area contributed by atoms with Gasteiger partial charge in [0.05, 0.1) is 0 Å². The summed E-state index contributed by atoms with van der Waals surface area (Å²) in [5.74, 6) is -0.788. The summed E-state index contributed by atoms with van der Waals surface area (Å²) >= 11 is 3.59. The maximum absolute atomic E-state index is 11.2. The van der Waals surface area contributed by atoms with Gasteiger partial charge in [-0.05, 0) is 60.7 Å². The third-order valence-corrected chi connectivity index (χ3v) is 6.61. The minimum Gasteiger partial charge on any atom is -0.478 e. The van der Waals surface area contributed by atoms with Crippen molar-refractivity contribution in [3.63, 3.8) is 0 Å². The zero-order chi connectivity index (χ0) is 17.8. The van der Waals surface area contributed by atoms with Gasteiger partial charge in [0.2, 0.25) is 0 Å². The fraction of sp³-hybridized carbons (Fsp3) is 0.350. The molecule has 0 aromatic carbocycles. The Kier molecular flexibility index (Phi) is 7.65. The largest absolute Gasteiger partial charge is 0.478 e. The van der Waals surface area contributed by atoms with E-state index in [0.717, 1.165) is 25.9 Å². The number of aliphatic carboxylic acids is 1. The number of rotatable bonds is 6. The molecular formula is C20H24ClNO2S2. The van der Waals surface area contributed by atoms with Crippen molar-refractivity contribution in [3.05, 3.63) is 61.5 Å². The first-order valence-electron chi connectivity index (χ1n) is 8.50. The van der Waals surface area contributed by atoms with Gasteiger partial charge in [-0.2, -0.15) is 0 Å². The van der Waals surface area contributed by atoms with Crippen molar-refractivity contribution in [1.29, 1.82) is 0 Å². The van der Waals surface area contributed by atoms with E-state index in [9.17, 15) is 9.90 Å². The molecule has 0 spiro atoms. The molecule has 1 N–H and O–H groups in total. The highest BCUT2D eigenvalue weighted by Crippen LogP contribution is 2.35. The van der Waals surface area contributed by atoms with E-state index < -0.39 is 5.97 Å². The van der Waals surface area contributed by atoms with E-state index in [-0.39, 0.29) is 12.4 Å². The highest BCUT2D eigenvalue weighted by molar-refractivity contribution is 7.14. The second-order valence-electron chi connectivity index (χ2n) is 6.37. The topological polar surface area (TPSA) is 40.5 Å². The molecule has 26 heavy (non-hydrogen) atoms. The Morgan fingerprint density at radius 3 is 2.31 bits per heavy atom. The van der Waals surface area contributed by atoms with Crippen LogP contribution in [0.3, 0.4) is 0 Å². The molecule has 3 rings (SSSR count). The van der Waals surface area contributed by atoms with Crippen molar-refractivity contribution < 1.29 is 9.90 Å². The lowest BCUT2D eigenvalue weighted by Gasteiger charge is -2.25.